The molecule has 2 rings (SSSR count). The van der Waals surface area contributed by atoms with E-state index in [1.165, 1.54) is 27.9 Å². The lowest BCUT2D eigenvalue weighted by Gasteiger charge is -2.24. The van der Waals surface area contributed by atoms with E-state index in [1.807, 2.05) is 13.8 Å². The lowest BCUT2D eigenvalue weighted by atomic mass is 10.2. The van der Waals surface area contributed by atoms with Crippen LogP contribution < -0.4 is 4.31 Å². The van der Waals surface area contributed by atoms with E-state index < -0.39 is 10.0 Å². The van der Waals surface area contributed by atoms with Crippen LogP contribution in [0.5, 0.6) is 5.75 Å². The van der Waals surface area contributed by atoms with Gasteiger partial charge >= 0.3 is 0 Å². The molecule has 0 saturated carbocycles. The Morgan fingerprint density at radius 2 is 1.83 bits per heavy atom. The van der Waals surface area contributed by atoms with Crippen molar-refractivity contribution in [3.8, 4) is 5.75 Å². The fourth-order valence-electron chi connectivity index (χ4n) is 2.15. The lowest BCUT2D eigenvalue weighted by molar-refractivity contribution is 0.475. The second kappa shape index (κ2) is 7.73. The molecule has 0 atom stereocenters. The maximum atomic E-state index is 12.7. The average Bonchev–Trinajstić information content (AvgIpc) is 2.52. The number of phenols is 1. The summed E-state index contributed by atoms with van der Waals surface area (Å²) in [5.74, 6) is 0.157. The van der Waals surface area contributed by atoms with Gasteiger partial charge in [0.15, 0.2) is 0 Å². The van der Waals surface area contributed by atoms with Gasteiger partial charge in [0, 0.05) is 17.6 Å². The standard InChI is InChI=1S/C18H20ClNO3S/c1-14(2)13-20(17-4-3-5-18(21)12-17)24(22,23)11-10-15-6-8-16(19)9-7-15/h3-12,14,21H,13H2,1-2H3/b11-10+. The molecule has 4 nitrogen and oxygen atoms in total. The summed E-state index contributed by atoms with van der Waals surface area (Å²) >= 11 is 5.83. The summed E-state index contributed by atoms with van der Waals surface area (Å²) in [5.41, 5.74) is 1.17. The molecule has 0 fully saturated rings. The van der Waals surface area contributed by atoms with Crippen molar-refractivity contribution in [2.45, 2.75) is 13.8 Å². The lowest BCUT2D eigenvalue weighted by Crippen LogP contribution is -2.32. The van der Waals surface area contributed by atoms with Gasteiger partial charge in [0.05, 0.1) is 11.1 Å². The van der Waals surface area contributed by atoms with E-state index in [0.29, 0.717) is 17.3 Å². The molecular formula is C18H20ClNO3S. The minimum Gasteiger partial charge on any atom is -0.508 e. The molecular weight excluding hydrogens is 346 g/mol. The van der Waals surface area contributed by atoms with Gasteiger partial charge in [0.2, 0.25) is 0 Å². The fourth-order valence-corrected chi connectivity index (χ4v) is 3.66. The first-order valence-corrected chi connectivity index (χ1v) is 9.41. The minimum atomic E-state index is -3.69. The minimum absolute atomic E-state index is 0.0261. The van der Waals surface area contributed by atoms with Crippen LogP contribution >= 0.6 is 11.6 Å². The van der Waals surface area contributed by atoms with Gasteiger partial charge in [0.1, 0.15) is 5.75 Å². The maximum absolute atomic E-state index is 12.7. The third kappa shape index (κ3) is 5.01. The van der Waals surface area contributed by atoms with Gasteiger partial charge in [-0.25, -0.2) is 8.42 Å². The van der Waals surface area contributed by atoms with Gasteiger partial charge in [-0.3, -0.25) is 4.31 Å². The molecule has 0 radical (unpaired) electrons. The Kier molecular flexibility index (Phi) is 5.91. The molecule has 0 aromatic heterocycles. The van der Waals surface area contributed by atoms with Crippen LogP contribution in [0.2, 0.25) is 5.02 Å². The van der Waals surface area contributed by atoms with E-state index >= 15 is 0 Å². The van der Waals surface area contributed by atoms with Crippen LogP contribution in [0.3, 0.4) is 0 Å². The van der Waals surface area contributed by atoms with E-state index in [1.54, 1.807) is 36.4 Å². The predicted molar refractivity (Wildman–Crippen MR) is 99.7 cm³/mol. The van der Waals surface area contributed by atoms with Crippen LogP contribution in [0.1, 0.15) is 19.4 Å². The SMILES string of the molecule is CC(C)CN(c1cccc(O)c1)S(=O)(=O)/C=C/c1ccc(Cl)cc1. The summed E-state index contributed by atoms with van der Waals surface area (Å²) in [6.45, 7) is 4.19. The van der Waals surface area contributed by atoms with E-state index in [9.17, 15) is 13.5 Å². The largest absolute Gasteiger partial charge is 0.508 e. The molecule has 0 bridgehead atoms. The molecule has 0 heterocycles. The second-order valence-electron chi connectivity index (χ2n) is 5.84. The summed E-state index contributed by atoms with van der Waals surface area (Å²) in [7, 11) is -3.69. The van der Waals surface area contributed by atoms with E-state index in [-0.39, 0.29) is 11.7 Å². The number of nitrogens with zero attached hydrogens (tertiary/aromatic N) is 1. The van der Waals surface area contributed by atoms with Crippen LogP contribution in [0.4, 0.5) is 5.69 Å². The van der Waals surface area contributed by atoms with Gasteiger partial charge in [-0.1, -0.05) is 43.6 Å². The molecule has 6 heteroatoms. The molecule has 2 aromatic carbocycles. The van der Waals surface area contributed by atoms with E-state index in [0.717, 1.165) is 5.56 Å². The van der Waals surface area contributed by atoms with E-state index in [2.05, 4.69) is 0 Å². The summed E-state index contributed by atoms with van der Waals surface area (Å²) in [5, 5.41) is 11.4. The quantitative estimate of drug-likeness (QED) is 0.819. The molecule has 1 N–H and O–H groups in total. The Hall–Kier alpha value is -1.98. The van der Waals surface area contributed by atoms with Crippen molar-refractivity contribution >= 4 is 33.4 Å². The number of rotatable bonds is 6. The Balaban J connectivity index is 2.34. The Morgan fingerprint density at radius 3 is 2.42 bits per heavy atom. The summed E-state index contributed by atoms with van der Waals surface area (Å²) < 4.78 is 26.8. The first-order valence-electron chi connectivity index (χ1n) is 7.53. The number of hydrogen-bond acceptors (Lipinski definition) is 3. The van der Waals surface area contributed by atoms with Gasteiger partial charge < -0.3 is 5.11 Å². The second-order valence-corrected chi connectivity index (χ2v) is 8.02. The highest BCUT2D eigenvalue weighted by Gasteiger charge is 2.21. The summed E-state index contributed by atoms with van der Waals surface area (Å²) in [6, 6.07) is 13.1. The van der Waals surface area contributed by atoms with Gasteiger partial charge in [-0.15, -0.1) is 0 Å². The molecule has 0 aliphatic carbocycles. The smallest absolute Gasteiger partial charge is 0.257 e. The molecule has 0 aliphatic rings. The van der Waals surface area contributed by atoms with Crippen LogP contribution in [-0.2, 0) is 10.0 Å². The molecule has 128 valence electrons. The highest BCUT2D eigenvalue weighted by Crippen LogP contribution is 2.25. The first kappa shape index (κ1) is 18.4. The number of anilines is 1. The normalized spacial score (nSPS) is 12.0. The number of phenolic OH excluding ortho intramolecular Hbond substituents is 1. The third-order valence-electron chi connectivity index (χ3n) is 3.26. The molecule has 24 heavy (non-hydrogen) atoms. The average molecular weight is 366 g/mol. The Labute approximate surface area is 148 Å². The number of sulfonamides is 1. The van der Waals surface area contributed by atoms with Crippen molar-refractivity contribution in [2.24, 2.45) is 5.92 Å². The van der Waals surface area contributed by atoms with E-state index in [4.69, 9.17) is 11.6 Å². The zero-order valence-electron chi connectivity index (χ0n) is 13.6. The number of hydrogen-bond donors (Lipinski definition) is 1. The van der Waals surface area contributed by atoms with Crippen LogP contribution in [0.15, 0.2) is 53.9 Å². The topological polar surface area (TPSA) is 57.6 Å². The predicted octanol–water partition coefficient (Wildman–Crippen LogP) is 4.51. The molecule has 0 spiro atoms. The van der Waals surface area contributed by atoms with Crippen molar-refractivity contribution in [1.82, 2.24) is 0 Å². The highest BCUT2D eigenvalue weighted by molar-refractivity contribution is 7.95. The highest BCUT2D eigenvalue weighted by atomic mass is 35.5. The molecule has 0 saturated heterocycles. The van der Waals surface area contributed by atoms with Crippen molar-refractivity contribution in [3.63, 3.8) is 0 Å². The number of halogens is 1. The molecule has 0 aliphatic heterocycles. The maximum Gasteiger partial charge on any atom is 0.257 e. The number of aromatic hydroxyl groups is 1. The molecule has 0 unspecified atom stereocenters. The van der Waals surface area contributed by atoms with Crippen LogP contribution in [-0.4, -0.2) is 20.1 Å². The van der Waals surface area contributed by atoms with Gasteiger partial charge in [-0.05, 0) is 41.8 Å². The molecule has 0 amide bonds. The Bertz CT molecular complexity index is 814. The summed E-state index contributed by atoms with van der Waals surface area (Å²) in [6.07, 6.45) is 1.53. The zero-order chi connectivity index (χ0) is 17.7. The Morgan fingerprint density at radius 1 is 1.17 bits per heavy atom. The fraction of sp³-hybridized carbons (Fsp3) is 0.222. The van der Waals surface area contributed by atoms with Crippen LogP contribution in [0.25, 0.3) is 6.08 Å². The first-order chi connectivity index (χ1) is 11.3. The van der Waals surface area contributed by atoms with Gasteiger partial charge in [0.25, 0.3) is 10.0 Å². The van der Waals surface area contributed by atoms with Gasteiger partial charge in [-0.2, -0.15) is 0 Å². The monoisotopic (exact) mass is 365 g/mol. The van der Waals surface area contributed by atoms with Crippen LogP contribution in [0, 0.1) is 5.92 Å². The van der Waals surface area contributed by atoms with Crippen molar-refractivity contribution in [1.29, 1.82) is 0 Å². The summed E-state index contributed by atoms with van der Waals surface area (Å²) in [4.78, 5) is 0. The molecule has 2 aromatic rings. The third-order valence-corrected chi connectivity index (χ3v) is 4.96. The van der Waals surface area contributed by atoms with Crippen molar-refractivity contribution in [2.75, 3.05) is 10.8 Å². The van der Waals surface area contributed by atoms with Crippen molar-refractivity contribution < 1.29 is 13.5 Å². The van der Waals surface area contributed by atoms with Crippen molar-refractivity contribution in [3.05, 3.63) is 64.5 Å². The number of benzene rings is 2. The zero-order valence-corrected chi connectivity index (χ0v) is 15.1.